The van der Waals surface area contributed by atoms with E-state index in [1.807, 2.05) is 0 Å². The molecular formula is C18H10ClF2N5O2. The average molecular weight is 402 g/mol. The Kier molecular flexibility index (Phi) is 4.16. The quantitative estimate of drug-likeness (QED) is 0.550. The van der Waals surface area contributed by atoms with Gasteiger partial charge in [-0.1, -0.05) is 11.6 Å². The lowest BCUT2D eigenvalue weighted by atomic mass is 10.2. The summed E-state index contributed by atoms with van der Waals surface area (Å²) >= 11 is 5.88. The number of H-pyrrole nitrogens is 1. The molecule has 2 heterocycles. The van der Waals surface area contributed by atoms with E-state index in [-0.39, 0.29) is 28.2 Å². The highest BCUT2D eigenvalue weighted by Gasteiger charge is 2.20. The number of halogens is 3. The number of hydrogen-bond acceptors (Lipinski definition) is 4. The van der Waals surface area contributed by atoms with Gasteiger partial charge in [0, 0.05) is 10.6 Å². The fourth-order valence-corrected chi connectivity index (χ4v) is 2.88. The molecule has 7 nitrogen and oxygen atoms in total. The Balaban J connectivity index is 2.04. The highest BCUT2D eigenvalue weighted by molar-refractivity contribution is 6.30. The van der Waals surface area contributed by atoms with E-state index in [1.165, 1.54) is 10.6 Å². The van der Waals surface area contributed by atoms with Gasteiger partial charge in [0.25, 0.3) is 5.91 Å². The molecule has 28 heavy (non-hydrogen) atoms. The van der Waals surface area contributed by atoms with Crippen LogP contribution in [0.3, 0.4) is 0 Å². The summed E-state index contributed by atoms with van der Waals surface area (Å²) in [5.41, 5.74) is 5.16. The van der Waals surface area contributed by atoms with Gasteiger partial charge >= 0.3 is 5.69 Å². The molecule has 4 rings (SSSR count). The molecule has 0 aliphatic heterocycles. The van der Waals surface area contributed by atoms with Gasteiger partial charge in [0.2, 0.25) is 0 Å². The fraction of sp³-hybridized carbons (Fsp3) is 0. The lowest BCUT2D eigenvalue weighted by Gasteiger charge is -2.07. The van der Waals surface area contributed by atoms with Crippen LogP contribution in [0.5, 0.6) is 0 Å². The third kappa shape index (κ3) is 2.91. The molecule has 2 aromatic heterocycles. The number of aromatic amines is 1. The molecule has 3 N–H and O–H groups in total. The van der Waals surface area contributed by atoms with Gasteiger partial charge in [0.1, 0.15) is 5.52 Å². The summed E-state index contributed by atoms with van der Waals surface area (Å²) in [6.07, 6.45) is 0. The molecular weight excluding hydrogens is 392 g/mol. The third-order valence-electron chi connectivity index (χ3n) is 4.03. The van der Waals surface area contributed by atoms with Crippen LogP contribution in [-0.4, -0.2) is 25.4 Å². The normalized spacial score (nSPS) is 11.1. The van der Waals surface area contributed by atoms with E-state index in [2.05, 4.69) is 15.0 Å². The summed E-state index contributed by atoms with van der Waals surface area (Å²) in [6.45, 7) is 0. The van der Waals surface area contributed by atoms with Crippen molar-refractivity contribution < 1.29 is 13.6 Å². The van der Waals surface area contributed by atoms with Crippen LogP contribution in [0.25, 0.3) is 28.2 Å². The number of imidazole rings is 1. The summed E-state index contributed by atoms with van der Waals surface area (Å²) in [6, 6.07) is 9.37. The number of primary amides is 1. The minimum absolute atomic E-state index is 0.0267. The number of nitrogens with one attached hydrogen (secondary N) is 1. The monoisotopic (exact) mass is 401 g/mol. The molecule has 0 saturated carbocycles. The number of fused-ring (bicyclic) bond motifs is 1. The number of carbonyl (C=O) groups is 1. The van der Waals surface area contributed by atoms with E-state index in [1.54, 1.807) is 24.3 Å². The van der Waals surface area contributed by atoms with E-state index in [9.17, 15) is 18.4 Å². The predicted molar refractivity (Wildman–Crippen MR) is 98.4 cm³/mol. The molecule has 0 unspecified atom stereocenters. The van der Waals surface area contributed by atoms with Crippen molar-refractivity contribution in [3.63, 3.8) is 0 Å². The van der Waals surface area contributed by atoms with Crippen LogP contribution < -0.4 is 11.4 Å². The Bertz CT molecular complexity index is 1300. The highest BCUT2D eigenvalue weighted by Crippen LogP contribution is 2.23. The van der Waals surface area contributed by atoms with Crippen LogP contribution in [0, 0.1) is 11.6 Å². The maximum absolute atomic E-state index is 13.6. The Morgan fingerprint density at radius 2 is 1.79 bits per heavy atom. The third-order valence-corrected chi connectivity index (χ3v) is 4.28. The fourth-order valence-electron chi connectivity index (χ4n) is 2.76. The zero-order valence-electron chi connectivity index (χ0n) is 13.9. The minimum atomic E-state index is -1.11. The van der Waals surface area contributed by atoms with Crippen LogP contribution >= 0.6 is 11.6 Å². The molecule has 1 amide bonds. The number of benzene rings is 2. The van der Waals surface area contributed by atoms with Gasteiger partial charge in [-0.25, -0.2) is 28.1 Å². The maximum Gasteiger partial charge on any atom is 0.332 e. The maximum atomic E-state index is 13.6. The van der Waals surface area contributed by atoms with Gasteiger partial charge < -0.3 is 10.7 Å². The number of amides is 1. The first-order valence-corrected chi connectivity index (χ1v) is 8.27. The van der Waals surface area contributed by atoms with Gasteiger partial charge in [-0.15, -0.1) is 0 Å². The van der Waals surface area contributed by atoms with Crippen molar-refractivity contribution in [2.45, 2.75) is 0 Å². The molecule has 2 aromatic carbocycles. The van der Waals surface area contributed by atoms with Gasteiger partial charge in [0.05, 0.1) is 5.69 Å². The van der Waals surface area contributed by atoms with E-state index >= 15 is 0 Å². The van der Waals surface area contributed by atoms with Crippen molar-refractivity contribution in [3.05, 3.63) is 75.3 Å². The molecule has 10 heteroatoms. The largest absolute Gasteiger partial charge is 0.364 e. The molecule has 140 valence electrons. The van der Waals surface area contributed by atoms with Crippen molar-refractivity contribution in [1.29, 1.82) is 0 Å². The Labute approximate surface area is 160 Å². The summed E-state index contributed by atoms with van der Waals surface area (Å²) in [7, 11) is 0. The first-order valence-electron chi connectivity index (χ1n) is 7.89. The molecule has 0 bridgehead atoms. The number of nitrogens with zero attached hydrogens (tertiary/aromatic N) is 3. The van der Waals surface area contributed by atoms with Crippen LogP contribution in [0.4, 0.5) is 8.78 Å². The molecule has 0 fully saturated rings. The Morgan fingerprint density at radius 3 is 2.43 bits per heavy atom. The summed E-state index contributed by atoms with van der Waals surface area (Å²) in [4.78, 5) is 35.2. The number of rotatable bonds is 3. The molecule has 0 spiro atoms. The lowest BCUT2D eigenvalue weighted by Crippen LogP contribution is -2.15. The molecule has 0 radical (unpaired) electrons. The predicted octanol–water partition coefficient (Wildman–Crippen LogP) is 2.81. The second kappa shape index (κ2) is 6.54. The Hall–Kier alpha value is -3.59. The zero-order valence-corrected chi connectivity index (χ0v) is 14.7. The van der Waals surface area contributed by atoms with E-state index < -0.39 is 23.2 Å². The number of nitrogens with two attached hydrogens (primary N) is 1. The van der Waals surface area contributed by atoms with Gasteiger partial charge in [-0.05, 0) is 42.5 Å². The van der Waals surface area contributed by atoms with E-state index in [0.717, 1.165) is 12.1 Å². The first kappa shape index (κ1) is 17.8. The van der Waals surface area contributed by atoms with E-state index in [4.69, 9.17) is 17.3 Å². The zero-order chi connectivity index (χ0) is 20.0. The smallest absolute Gasteiger partial charge is 0.332 e. The topological polar surface area (TPSA) is 107 Å². The number of carbonyl (C=O) groups excluding carboxylic acids is 1. The summed E-state index contributed by atoms with van der Waals surface area (Å²) in [5, 5.41) is 0.464. The standard InChI is InChI=1S/C18H10ClF2N5O2/c19-9-2-4-10(5-3-9)26-17-14(24-18(26)28)13(15(22)27)23-16(25-17)8-1-6-11(20)12(21)7-8/h1-7H,(H2,22,27)(H,24,28). The van der Waals surface area contributed by atoms with Crippen LogP contribution in [0.2, 0.25) is 5.02 Å². The first-order chi connectivity index (χ1) is 13.3. The van der Waals surface area contributed by atoms with Crippen molar-refractivity contribution in [3.8, 4) is 17.1 Å². The van der Waals surface area contributed by atoms with E-state index in [0.29, 0.717) is 10.7 Å². The molecule has 0 saturated heterocycles. The van der Waals surface area contributed by atoms with Crippen molar-refractivity contribution in [2.75, 3.05) is 0 Å². The lowest BCUT2D eigenvalue weighted by molar-refractivity contribution is 0.0997. The number of hydrogen-bond donors (Lipinski definition) is 2. The van der Waals surface area contributed by atoms with Crippen molar-refractivity contribution in [2.24, 2.45) is 5.73 Å². The second-order valence-electron chi connectivity index (χ2n) is 5.83. The van der Waals surface area contributed by atoms with Crippen molar-refractivity contribution >= 4 is 28.7 Å². The summed E-state index contributed by atoms with van der Waals surface area (Å²) < 4.78 is 28.1. The van der Waals surface area contributed by atoms with Gasteiger partial charge in [-0.3, -0.25) is 4.79 Å². The highest BCUT2D eigenvalue weighted by atomic mass is 35.5. The molecule has 0 aliphatic rings. The molecule has 0 aliphatic carbocycles. The Morgan fingerprint density at radius 1 is 1.07 bits per heavy atom. The SMILES string of the molecule is NC(=O)c1nc(-c2ccc(F)c(F)c2)nc2c1[nH]c(=O)n2-c1ccc(Cl)cc1. The average Bonchev–Trinajstić information content (AvgIpc) is 2.99. The summed E-state index contributed by atoms with van der Waals surface area (Å²) in [5.74, 6) is -3.16. The number of aromatic nitrogens is 4. The molecule has 4 aromatic rings. The molecule has 0 atom stereocenters. The van der Waals surface area contributed by atoms with Crippen LogP contribution in [0.1, 0.15) is 10.5 Å². The van der Waals surface area contributed by atoms with Gasteiger partial charge in [0.15, 0.2) is 28.8 Å². The second-order valence-corrected chi connectivity index (χ2v) is 6.27. The van der Waals surface area contributed by atoms with Gasteiger partial charge in [-0.2, -0.15) is 0 Å². The minimum Gasteiger partial charge on any atom is -0.364 e. The van der Waals surface area contributed by atoms with Crippen LogP contribution in [-0.2, 0) is 0 Å². The van der Waals surface area contributed by atoms with Crippen molar-refractivity contribution in [1.82, 2.24) is 19.5 Å². The van der Waals surface area contributed by atoms with Crippen LogP contribution in [0.15, 0.2) is 47.3 Å².